The summed E-state index contributed by atoms with van der Waals surface area (Å²) in [5.41, 5.74) is 2.30. The number of nitrogens with one attached hydrogen (secondary N) is 1. The van der Waals surface area contributed by atoms with Crippen molar-refractivity contribution >= 4 is 21.8 Å². The van der Waals surface area contributed by atoms with E-state index in [9.17, 15) is 18.0 Å². The van der Waals surface area contributed by atoms with Crippen LogP contribution in [-0.4, -0.2) is 37.7 Å². The van der Waals surface area contributed by atoms with Crippen LogP contribution < -0.4 is 5.32 Å². The molecule has 1 N–H and O–H groups in total. The van der Waals surface area contributed by atoms with Crippen molar-refractivity contribution in [2.75, 3.05) is 7.11 Å². The first-order valence-corrected chi connectivity index (χ1v) is 10.4. The highest BCUT2D eigenvalue weighted by Gasteiger charge is 2.48. The molecule has 0 radical (unpaired) electrons. The molecule has 0 aromatic heterocycles. The highest BCUT2D eigenvalue weighted by Crippen LogP contribution is 2.39. The average molecular weight is 400 g/mol. The van der Waals surface area contributed by atoms with E-state index in [4.69, 9.17) is 4.74 Å². The molecule has 0 bridgehead atoms. The molecule has 1 saturated carbocycles. The Labute approximate surface area is 163 Å². The molecule has 1 aliphatic carbocycles. The third-order valence-electron chi connectivity index (χ3n) is 4.88. The Morgan fingerprint density at radius 1 is 1.14 bits per heavy atom. The van der Waals surface area contributed by atoms with Crippen molar-refractivity contribution in [1.82, 2.24) is 9.62 Å². The van der Waals surface area contributed by atoms with Gasteiger partial charge in [0.15, 0.2) is 0 Å². The van der Waals surface area contributed by atoms with Crippen molar-refractivity contribution in [1.29, 1.82) is 0 Å². The minimum atomic E-state index is -3.87. The standard InChI is InChI=1S/C20H20N2O5S/c1-27-12-14-4-2-13(3-5-14)11-21-19(23)15-6-9-17-18(10-15)28(25,26)22(20(17)24)16-7-8-16/h2-6,9-10,16H,7-8,11-12H2,1H3,(H,21,23). The van der Waals surface area contributed by atoms with Crippen LogP contribution in [0.4, 0.5) is 0 Å². The number of nitrogens with zero attached hydrogens (tertiary/aromatic N) is 1. The molecule has 28 heavy (non-hydrogen) atoms. The lowest BCUT2D eigenvalue weighted by molar-refractivity contribution is 0.0863. The lowest BCUT2D eigenvalue weighted by atomic mass is 10.1. The Hall–Kier alpha value is -2.71. The molecule has 2 aromatic carbocycles. The first-order chi connectivity index (χ1) is 13.4. The predicted molar refractivity (Wildman–Crippen MR) is 101 cm³/mol. The molecule has 8 heteroatoms. The largest absolute Gasteiger partial charge is 0.380 e. The summed E-state index contributed by atoms with van der Waals surface area (Å²) in [6.45, 7) is 0.829. The minimum Gasteiger partial charge on any atom is -0.380 e. The third kappa shape index (κ3) is 3.29. The molecule has 2 aliphatic rings. The van der Waals surface area contributed by atoms with Crippen molar-refractivity contribution < 1.29 is 22.7 Å². The molecular weight excluding hydrogens is 380 g/mol. The molecule has 2 aromatic rings. The molecule has 7 nitrogen and oxygen atoms in total. The SMILES string of the molecule is COCc1ccc(CNC(=O)c2ccc3c(c2)S(=O)(=O)N(C2CC2)C3=O)cc1. The van der Waals surface area contributed by atoms with E-state index < -0.39 is 21.8 Å². The van der Waals surface area contributed by atoms with Gasteiger partial charge in [-0.1, -0.05) is 24.3 Å². The van der Waals surface area contributed by atoms with E-state index in [0.717, 1.165) is 15.4 Å². The summed E-state index contributed by atoms with van der Waals surface area (Å²) in [7, 11) is -2.25. The smallest absolute Gasteiger partial charge is 0.269 e. The Bertz CT molecular complexity index is 1040. The van der Waals surface area contributed by atoms with Crippen molar-refractivity contribution in [3.8, 4) is 0 Å². The van der Waals surface area contributed by atoms with Crippen LogP contribution in [0, 0.1) is 0 Å². The number of benzene rings is 2. The summed E-state index contributed by atoms with van der Waals surface area (Å²) < 4.78 is 31.4. The fourth-order valence-electron chi connectivity index (χ4n) is 3.26. The van der Waals surface area contributed by atoms with Gasteiger partial charge in [0, 0.05) is 25.3 Å². The molecule has 146 valence electrons. The zero-order chi connectivity index (χ0) is 19.9. The zero-order valence-corrected chi connectivity index (χ0v) is 16.2. The summed E-state index contributed by atoms with van der Waals surface area (Å²) in [6.07, 6.45) is 1.38. The lowest BCUT2D eigenvalue weighted by Gasteiger charge is -2.13. The molecule has 4 rings (SSSR count). The number of amides is 2. The quantitative estimate of drug-likeness (QED) is 0.801. The van der Waals surface area contributed by atoms with Gasteiger partial charge in [-0.3, -0.25) is 9.59 Å². The Balaban J connectivity index is 1.49. The molecule has 0 atom stereocenters. The normalized spacial score (nSPS) is 17.5. The predicted octanol–water partition coefficient (Wildman–Crippen LogP) is 2.07. The van der Waals surface area contributed by atoms with Gasteiger partial charge in [-0.15, -0.1) is 0 Å². The van der Waals surface area contributed by atoms with E-state index in [2.05, 4.69) is 5.32 Å². The van der Waals surface area contributed by atoms with Crippen molar-refractivity contribution in [2.45, 2.75) is 36.9 Å². The fraction of sp³-hybridized carbons (Fsp3) is 0.300. The number of hydrogen-bond donors (Lipinski definition) is 1. The molecule has 0 unspecified atom stereocenters. The maximum Gasteiger partial charge on any atom is 0.269 e. The van der Waals surface area contributed by atoms with Gasteiger partial charge in [-0.05, 0) is 42.2 Å². The second kappa shape index (κ2) is 7.03. The number of rotatable bonds is 6. The highest BCUT2D eigenvalue weighted by molar-refractivity contribution is 7.90. The summed E-state index contributed by atoms with van der Waals surface area (Å²) in [4.78, 5) is 24.8. The van der Waals surface area contributed by atoms with Crippen LogP contribution in [0.15, 0.2) is 47.4 Å². The van der Waals surface area contributed by atoms with E-state index >= 15 is 0 Å². The lowest BCUT2D eigenvalue weighted by Crippen LogP contribution is -2.32. The van der Waals surface area contributed by atoms with Crippen LogP contribution in [0.1, 0.15) is 44.7 Å². The molecule has 1 fully saturated rings. The van der Waals surface area contributed by atoms with E-state index in [1.54, 1.807) is 7.11 Å². The Kier molecular flexibility index (Phi) is 4.68. The van der Waals surface area contributed by atoms with E-state index in [1.165, 1.54) is 18.2 Å². The minimum absolute atomic E-state index is 0.0824. The number of methoxy groups -OCH3 is 1. The molecule has 2 amide bonds. The second-order valence-corrected chi connectivity index (χ2v) is 8.76. The van der Waals surface area contributed by atoms with Gasteiger partial charge in [-0.2, -0.15) is 0 Å². The molecule has 1 aliphatic heterocycles. The summed E-state index contributed by atoms with van der Waals surface area (Å²) in [6, 6.07) is 11.6. The maximum atomic E-state index is 12.7. The molecule has 1 heterocycles. The number of carbonyl (C=O) groups excluding carboxylic acids is 2. The van der Waals surface area contributed by atoms with Gasteiger partial charge in [0.2, 0.25) is 0 Å². The number of hydrogen-bond acceptors (Lipinski definition) is 5. The second-order valence-electron chi connectivity index (χ2n) is 6.98. The third-order valence-corrected chi connectivity index (χ3v) is 6.75. The number of carbonyl (C=O) groups is 2. The van der Waals surface area contributed by atoms with Gasteiger partial charge < -0.3 is 10.1 Å². The highest BCUT2D eigenvalue weighted by atomic mass is 32.2. The zero-order valence-electron chi connectivity index (χ0n) is 15.3. The van der Waals surface area contributed by atoms with Crippen molar-refractivity contribution in [3.05, 3.63) is 64.7 Å². The topological polar surface area (TPSA) is 92.8 Å². The van der Waals surface area contributed by atoms with Crippen LogP contribution in [0.25, 0.3) is 0 Å². The van der Waals surface area contributed by atoms with Gasteiger partial charge in [0.1, 0.15) is 4.90 Å². The number of sulfonamides is 1. The van der Waals surface area contributed by atoms with Crippen LogP contribution in [0.3, 0.4) is 0 Å². The van der Waals surface area contributed by atoms with Crippen molar-refractivity contribution in [3.63, 3.8) is 0 Å². The van der Waals surface area contributed by atoms with Gasteiger partial charge >= 0.3 is 0 Å². The molecular formula is C20H20N2O5S. The summed E-state index contributed by atoms with van der Waals surface area (Å²) in [5, 5.41) is 2.78. The van der Waals surface area contributed by atoms with Crippen LogP contribution in [-0.2, 0) is 27.9 Å². The number of fused-ring (bicyclic) bond motifs is 1. The summed E-state index contributed by atoms with van der Waals surface area (Å²) in [5.74, 6) is -0.892. The van der Waals surface area contributed by atoms with Gasteiger partial charge in [0.05, 0.1) is 12.2 Å². The van der Waals surface area contributed by atoms with Crippen LogP contribution in [0.2, 0.25) is 0 Å². The summed E-state index contributed by atoms with van der Waals surface area (Å²) >= 11 is 0. The first-order valence-electron chi connectivity index (χ1n) is 8.99. The van der Waals surface area contributed by atoms with Gasteiger partial charge in [0.25, 0.3) is 21.8 Å². The Morgan fingerprint density at radius 2 is 1.82 bits per heavy atom. The van der Waals surface area contributed by atoms with Crippen molar-refractivity contribution in [2.24, 2.45) is 0 Å². The first kappa shape index (κ1) is 18.6. The van der Waals surface area contributed by atoms with Crippen LogP contribution in [0.5, 0.6) is 0 Å². The fourth-order valence-corrected chi connectivity index (χ4v) is 5.10. The molecule has 0 spiro atoms. The van der Waals surface area contributed by atoms with E-state index in [1.807, 2.05) is 24.3 Å². The number of ether oxygens (including phenoxy) is 1. The van der Waals surface area contributed by atoms with E-state index in [-0.39, 0.29) is 22.1 Å². The average Bonchev–Trinajstić information content (AvgIpc) is 3.48. The Morgan fingerprint density at radius 3 is 2.46 bits per heavy atom. The van der Waals surface area contributed by atoms with Gasteiger partial charge in [-0.25, -0.2) is 12.7 Å². The maximum absolute atomic E-state index is 12.7. The van der Waals surface area contributed by atoms with E-state index in [0.29, 0.717) is 26.0 Å². The van der Waals surface area contributed by atoms with Crippen LogP contribution >= 0.6 is 0 Å². The monoisotopic (exact) mass is 400 g/mol. The molecule has 0 saturated heterocycles.